The molecule has 3 aromatic rings. The lowest BCUT2D eigenvalue weighted by Crippen LogP contribution is -1.95. The average Bonchev–Trinajstić information content (AvgIpc) is 2.73. The fourth-order valence-corrected chi connectivity index (χ4v) is 1.97. The van der Waals surface area contributed by atoms with E-state index in [1.54, 1.807) is 13.2 Å². The smallest absolute Gasteiger partial charge is 0.159 e. The molecule has 0 atom stereocenters. The van der Waals surface area contributed by atoms with Crippen molar-refractivity contribution in [1.82, 2.24) is 15.2 Å². The Morgan fingerprint density at radius 2 is 2.00 bits per heavy atom. The van der Waals surface area contributed by atoms with Gasteiger partial charge in [0.05, 0.1) is 5.56 Å². The van der Waals surface area contributed by atoms with Gasteiger partial charge >= 0.3 is 0 Å². The molecule has 0 fully saturated rings. The number of aromatic nitrogens is 3. The van der Waals surface area contributed by atoms with Gasteiger partial charge in [-0.05, 0) is 13.0 Å². The highest BCUT2D eigenvalue weighted by molar-refractivity contribution is 6.32. The molecule has 1 aromatic carbocycles. The molecular formula is C12H8ClN3O. The Hall–Kier alpha value is -1.94. The highest BCUT2D eigenvalue weighted by atomic mass is 35.5. The van der Waals surface area contributed by atoms with Crippen molar-refractivity contribution in [2.75, 3.05) is 0 Å². The van der Waals surface area contributed by atoms with E-state index in [2.05, 4.69) is 15.2 Å². The van der Waals surface area contributed by atoms with Gasteiger partial charge in [0.1, 0.15) is 23.4 Å². The number of rotatable bonds is 1. The Morgan fingerprint density at radius 3 is 2.82 bits per heavy atom. The summed E-state index contributed by atoms with van der Waals surface area (Å²) < 4.78 is 5.43. The van der Waals surface area contributed by atoms with Crippen LogP contribution < -0.4 is 0 Å². The van der Waals surface area contributed by atoms with Crippen molar-refractivity contribution >= 4 is 22.6 Å². The van der Waals surface area contributed by atoms with Crippen LogP contribution in [0.3, 0.4) is 0 Å². The second-order valence-corrected chi connectivity index (χ2v) is 4.00. The molecule has 0 aliphatic heterocycles. The molecule has 0 unspecified atom stereocenters. The Labute approximate surface area is 102 Å². The third-order valence-corrected chi connectivity index (χ3v) is 2.75. The molecule has 0 saturated heterocycles. The lowest BCUT2D eigenvalue weighted by molar-refractivity contribution is 0.616. The van der Waals surface area contributed by atoms with Gasteiger partial charge in [-0.15, -0.1) is 10.2 Å². The standard InChI is InChI=1S/C12H8ClN3O/c1-7-14-12(13)11(16-15-7)9-6-17-10-5-3-2-4-8(9)10/h2-6H,1H3. The number of benzene rings is 1. The van der Waals surface area contributed by atoms with Crippen LogP contribution in [0.15, 0.2) is 34.9 Å². The fraction of sp³-hybridized carbons (Fsp3) is 0.0833. The minimum Gasteiger partial charge on any atom is -0.464 e. The number of hydrogen-bond donors (Lipinski definition) is 0. The van der Waals surface area contributed by atoms with Crippen molar-refractivity contribution in [3.63, 3.8) is 0 Å². The second-order valence-electron chi connectivity index (χ2n) is 3.64. The molecule has 0 spiro atoms. The van der Waals surface area contributed by atoms with E-state index in [1.807, 2.05) is 24.3 Å². The van der Waals surface area contributed by atoms with Gasteiger partial charge in [0, 0.05) is 5.39 Å². The quantitative estimate of drug-likeness (QED) is 0.660. The molecule has 5 heteroatoms. The zero-order chi connectivity index (χ0) is 11.8. The van der Waals surface area contributed by atoms with Gasteiger partial charge in [0.15, 0.2) is 5.15 Å². The highest BCUT2D eigenvalue weighted by Gasteiger charge is 2.13. The molecular weight excluding hydrogens is 238 g/mol. The van der Waals surface area contributed by atoms with Crippen LogP contribution in [0, 0.1) is 6.92 Å². The highest BCUT2D eigenvalue weighted by Crippen LogP contribution is 2.31. The van der Waals surface area contributed by atoms with E-state index in [0.29, 0.717) is 16.7 Å². The Kier molecular flexibility index (Phi) is 2.30. The summed E-state index contributed by atoms with van der Waals surface area (Å²) in [5, 5.41) is 9.27. The van der Waals surface area contributed by atoms with Crippen molar-refractivity contribution in [2.24, 2.45) is 0 Å². The number of fused-ring (bicyclic) bond motifs is 1. The molecule has 0 amide bonds. The van der Waals surface area contributed by atoms with Gasteiger partial charge < -0.3 is 4.42 Å². The summed E-state index contributed by atoms with van der Waals surface area (Å²) in [6, 6.07) is 7.69. The zero-order valence-corrected chi connectivity index (χ0v) is 9.77. The van der Waals surface area contributed by atoms with Crippen LogP contribution in [0.2, 0.25) is 5.15 Å². The summed E-state index contributed by atoms with van der Waals surface area (Å²) in [6.07, 6.45) is 1.62. The second kappa shape index (κ2) is 3.82. The Bertz CT molecular complexity index is 693. The molecule has 0 N–H and O–H groups in total. The molecule has 0 saturated carbocycles. The third kappa shape index (κ3) is 1.66. The first-order valence-electron chi connectivity index (χ1n) is 5.09. The van der Waals surface area contributed by atoms with Gasteiger partial charge in [0.2, 0.25) is 0 Å². The number of hydrogen-bond acceptors (Lipinski definition) is 4. The maximum atomic E-state index is 6.07. The first-order chi connectivity index (χ1) is 8.25. The van der Waals surface area contributed by atoms with Crippen molar-refractivity contribution in [2.45, 2.75) is 6.92 Å². The van der Waals surface area contributed by atoms with E-state index < -0.39 is 0 Å². The van der Waals surface area contributed by atoms with E-state index in [9.17, 15) is 0 Å². The van der Waals surface area contributed by atoms with Crippen LogP contribution in [0.4, 0.5) is 0 Å². The monoisotopic (exact) mass is 245 g/mol. The van der Waals surface area contributed by atoms with E-state index in [4.69, 9.17) is 16.0 Å². The molecule has 0 bridgehead atoms. The summed E-state index contributed by atoms with van der Waals surface area (Å²) in [6.45, 7) is 1.75. The number of halogens is 1. The molecule has 0 aliphatic carbocycles. The van der Waals surface area contributed by atoms with Gasteiger partial charge in [-0.25, -0.2) is 4.98 Å². The number of aryl methyl sites for hydroxylation is 1. The lowest BCUT2D eigenvalue weighted by atomic mass is 10.1. The zero-order valence-electron chi connectivity index (χ0n) is 9.01. The molecule has 0 aliphatic rings. The number of para-hydroxylation sites is 1. The largest absolute Gasteiger partial charge is 0.464 e. The minimum atomic E-state index is 0.337. The molecule has 0 radical (unpaired) electrons. The van der Waals surface area contributed by atoms with Crippen LogP contribution in [-0.2, 0) is 0 Å². The Balaban J connectivity index is 2.27. The van der Waals surface area contributed by atoms with Gasteiger partial charge in [-0.1, -0.05) is 29.8 Å². The molecule has 4 nitrogen and oxygen atoms in total. The predicted molar refractivity (Wildman–Crippen MR) is 64.8 cm³/mol. The first kappa shape index (κ1) is 10.2. The summed E-state index contributed by atoms with van der Waals surface area (Å²) in [5.74, 6) is 0.548. The maximum absolute atomic E-state index is 6.07. The Morgan fingerprint density at radius 1 is 1.18 bits per heavy atom. The van der Waals surface area contributed by atoms with Crippen LogP contribution in [0.25, 0.3) is 22.2 Å². The van der Waals surface area contributed by atoms with E-state index in [0.717, 1.165) is 16.5 Å². The molecule has 2 heterocycles. The summed E-state index contributed by atoms with van der Waals surface area (Å²) in [4.78, 5) is 4.09. The number of furan rings is 1. The van der Waals surface area contributed by atoms with Crippen molar-refractivity contribution in [3.8, 4) is 11.3 Å². The van der Waals surface area contributed by atoms with Crippen molar-refractivity contribution in [1.29, 1.82) is 0 Å². The maximum Gasteiger partial charge on any atom is 0.159 e. The third-order valence-electron chi connectivity index (χ3n) is 2.49. The molecule has 2 aromatic heterocycles. The lowest BCUT2D eigenvalue weighted by Gasteiger charge is -1.99. The summed E-state index contributed by atoms with van der Waals surface area (Å²) >= 11 is 6.07. The van der Waals surface area contributed by atoms with Crippen LogP contribution in [-0.4, -0.2) is 15.2 Å². The summed E-state index contributed by atoms with van der Waals surface area (Å²) in [7, 11) is 0. The first-order valence-corrected chi connectivity index (χ1v) is 5.47. The van der Waals surface area contributed by atoms with E-state index in [-0.39, 0.29) is 0 Å². The van der Waals surface area contributed by atoms with Crippen LogP contribution in [0.5, 0.6) is 0 Å². The SMILES string of the molecule is Cc1nnc(-c2coc3ccccc23)c(Cl)n1. The van der Waals surface area contributed by atoms with Crippen molar-refractivity contribution in [3.05, 3.63) is 41.5 Å². The van der Waals surface area contributed by atoms with E-state index >= 15 is 0 Å². The van der Waals surface area contributed by atoms with Gasteiger partial charge in [-0.2, -0.15) is 0 Å². The normalized spacial score (nSPS) is 10.9. The topological polar surface area (TPSA) is 51.8 Å². The van der Waals surface area contributed by atoms with Crippen LogP contribution >= 0.6 is 11.6 Å². The molecule has 84 valence electrons. The number of nitrogens with zero attached hydrogens (tertiary/aromatic N) is 3. The van der Waals surface area contributed by atoms with Gasteiger partial charge in [0.25, 0.3) is 0 Å². The summed E-state index contributed by atoms with van der Waals surface area (Å²) in [5.41, 5.74) is 2.15. The van der Waals surface area contributed by atoms with Crippen molar-refractivity contribution < 1.29 is 4.42 Å². The predicted octanol–water partition coefficient (Wildman–Crippen LogP) is 3.25. The molecule has 17 heavy (non-hydrogen) atoms. The van der Waals surface area contributed by atoms with E-state index in [1.165, 1.54) is 0 Å². The fourth-order valence-electron chi connectivity index (χ4n) is 1.71. The molecule has 3 rings (SSSR count). The minimum absolute atomic E-state index is 0.337. The van der Waals surface area contributed by atoms with Crippen LogP contribution in [0.1, 0.15) is 5.82 Å². The van der Waals surface area contributed by atoms with Gasteiger partial charge in [-0.3, -0.25) is 0 Å². The average molecular weight is 246 g/mol.